The van der Waals surface area contributed by atoms with E-state index in [0.717, 1.165) is 16.6 Å². The first-order valence-electron chi connectivity index (χ1n) is 7.37. The van der Waals surface area contributed by atoms with Crippen molar-refractivity contribution in [3.05, 3.63) is 28.2 Å². The first-order chi connectivity index (χ1) is 9.13. The van der Waals surface area contributed by atoms with Crippen molar-refractivity contribution in [1.82, 2.24) is 0 Å². The van der Waals surface area contributed by atoms with E-state index in [2.05, 4.69) is 39.9 Å². The third-order valence-corrected chi connectivity index (χ3v) is 4.81. The van der Waals surface area contributed by atoms with Crippen LogP contribution in [0.1, 0.15) is 57.6 Å². The van der Waals surface area contributed by atoms with Crippen LogP contribution in [0.5, 0.6) is 0 Å². The quantitative estimate of drug-likeness (QED) is 0.870. The Morgan fingerprint density at radius 3 is 2.53 bits per heavy atom. The first kappa shape index (κ1) is 14.9. The molecule has 1 aromatic carbocycles. The van der Waals surface area contributed by atoms with Gasteiger partial charge >= 0.3 is 0 Å². The van der Waals surface area contributed by atoms with E-state index < -0.39 is 6.10 Å². The number of rotatable bonds is 4. The molecule has 0 unspecified atom stereocenters. The van der Waals surface area contributed by atoms with Gasteiger partial charge in [0.15, 0.2) is 0 Å². The molecule has 1 saturated carbocycles. The van der Waals surface area contributed by atoms with Crippen LogP contribution in [0.25, 0.3) is 0 Å². The van der Waals surface area contributed by atoms with Crippen LogP contribution >= 0.6 is 15.9 Å². The minimum Gasteiger partial charge on any atom is -0.389 e. The number of aliphatic hydroxyl groups excluding tert-OH is 1. The zero-order chi connectivity index (χ0) is 13.8. The summed E-state index contributed by atoms with van der Waals surface area (Å²) in [5.41, 5.74) is 2.23. The molecule has 0 saturated heterocycles. The highest BCUT2D eigenvalue weighted by atomic mass is 79.9. The largest absolute Gasteiger partial charge is 0.389 e. The number of anilines is 1. The summed E-state index contributed by atoms with van der Waals surface area (Å²) in [7, 11) is 0. The van der Waals surface area contributed by atoms with Gasteiger partial charge in [-0.2, -0.15) is 0 Å². The number of halogens is 1. The maximum atomic E-state index is 9.70. The fourth-order valence-electron chi connectivity index (χ4n) is 3.08. The summed E-state index contributed by atoms with van der Waals surface area (Å²) in [5.74, 6) is 0. The summed E-state index contributed by atoms with van der Waals surface area (Å²) in [4.78, 5) is 2.51. The van der Waals surface area contributed by atoms with Crippen LogP contribution in [0.15, 0.2) is 22.7 Å². The number of nitrogens with zero attached hydrogens (tertiary/aromatic N) is 1. The van der Waals surface area contributed by atoms with Gasteiger partial charge < -0.3 is 10.0 Å². The standard InChI is InChI=1S/C16H24BrNO/c1-3-18(13-7-5-4-6-8-13)14-9-10-15(12(2)19)16(17)11-14/h9-13,19H,3-8H2,1-2H3/t12-/m1/s1. The number of hydrogen-bond donors (Lipinski definition) is 1. The van der Waals surface area contributed by atoms with Crippen molar-refractivity contribution in [3.63, 3.8) is 0 Å². The minimum atomic E-state index is -0.423. The third kappa shape index (κ3) is 3.51. The minimum absolute atomic E-state index is 0.423. The highest BCUT2D eigenvalue weighted by Crippen LogP contribution is 2.32. The lowest BCUT2D eigenvalue weighted by atomic mass is 9.93. The highest BCUT2D eigenvalue weighted by Gasteiger charge is 2.21. The smallest absolute Gasteiger partial charge is 0.0772 e. The molecule has 0 heterocycles. The Kier molecular flexibility index (Phi) is 5.28. The Hall–Kier alpha value is -0.540. The van der Waals surface area contributed by atoms with E-state index in [9.17, 15) is 5.11 Å². The molecule has 0 aromatic heterocycles. The van der Waals surface area contributed by atoms with Crippen LogP contribution in [-0.4, -0.2) is 17.7 Å². The second kappa shape index (κ2) is 6.76. The molecule has 2 nitrogen and oxygen atoms in total. The van der Waals surface area contributed by atoms with E-state index >= 15 is 0 Å². The van der Waals surface area contributed by atoms with Crippen LogP contribution in [0.3, 0.4) is 0 Å². The van der Waals surface area contributed by atoms with Crippen LogP contribution in [0.4, 0.5) is 5.69 Å². The molecular formula is C16H24BrNO. The Bertz CT molecular complexity index is 413. The van der Waals surface area contributed by atoms with Crippen LogP contribution in [-0.2, 0) is 0 Å². The topological polar surface area (TPSA) is 23.5 Å². The van der Waals surface area contributed by atoms with Gasteiger partial charge in [0, 0.05) is 22.7 Å². The zero-order valence-electron chi connectivity index (χ0n) is 11.9. The molecular weight excluding hydrogens is 302 g/mol. The van der Waals surface area contributed by atoms with E-state index in [0.29, 0.717) is 6.04 Å². The van der Waals surface area contributed by atoms with Gasteiger partial charge in [-0.3, -0.25) is 0 Å². The lowest BCUT2D eigenvalue weighted by molar-refractivity contribution is 0.198. The van der Waals surface area contributed by atoms with E-state index in [1.807, 2.05) is 6.07 Å². The molecule has 0 spiro atoms. The van der Waals surface area contributed by atoms with Crippen molar-refractivity contribution >= 4 is 21.6 Å². The summed E-state index contributed by atoms with van der Waals surface area (Å²) in [6.07, 6.45) is 6.29. The van der Waals surface area contributed by atoms with Gasteiger partial charge in [-0.25, -0.2) is 0 Å². The van der Waals surface area contributed by atoms with Gasteiger partial charge in [0.1, 0.15) is 0 Å². The third-order valence-electron chi connectivity index (χ3n) is 4.12. The average molecular weight is 326 g/mol. The molecule has 0 bridgehead atoms. The zero-order valence-corrected chi connectivity index (χ0v) is 13.5. The fourth-order valence-corrected chi connectivity index (χ4v) is 3.78. The van der Waals surface area contributed by atoms with E-state index in [-0.39, 0.29) is 0 Å². The number of aliphatic hydroxyl groups is 1. The first-order valence-corrected chi connectivity index (χ1v) is 8.17. The average Bonchev–Trinajstić information content (AvgIpc) is 2.40. The van der Waals surface area contributed by atoms with Crippen LogP contribution in [0.2, 0.25) is 0 Å². The normalized spacial score (nSPS) is 18.3. The second-order valence-electron chi connectivity index (χ2n) is 5.46. The van der Waals surface area contributed by atoms with Gasteiger partial charge in [-0.05, 0) is 44.4 Å². The molecule has 0 radical (unpaired) electrons. The Labute approximate surface area is 124 Å². The molecule has 1 fully saturated rings. The Morgan fingerprint density at radius 1 is 1.32 bits per heavy atom. The summed E-state index contributed by atoms with van der Waals surface area (Å²) in [6.45, 7) is 5.08. The highest BCUT2D eigenvalue weighted by molar-refractivity contribution is 9.10. The predicted octanol–water partition coefficient (Wildman–Crippen LogP) is 4.66. The summed E-state index contributed by atoms with van der Waals surface area (Å²) < 4.78 is 1.01. The van der Waals surface area contributed by atoms with Crippen molar-refractivity contribution in [1.29, 1.82) is 0 Å². The van der Waals surface area contributed by atoms with Gasteiger partial charge in [0.2, 0.25) is 0 Å². The molecule has 2 rings (SSSR count). The second-order valence-corrected chi connectivity index (χ2v) is 6.31. The monoisotopic (exact) mass is 325 g/mol. The van der Waals surface area contributed by atoms with Crippen LogP contribution < -0.4 is 4.90 Å². The molecule has 0 aliphatic heterocycles. The lowest BCUT2D eigenvalue weighted by Crippen LogP contribution is -2.36. The fraction of sp³-hybridized carbons (Fsp3) is 0.625. The lowest BCUT2D eigenvalue weighted by Gasteiger charge is -2.35. The van der Waals surface area contributed by atoms with Crippen LogP contribution in [0, 0.1) is 0 Å². The van der Waals surface area contributed by atoms with Crippen molar-refractivity contribution in [2.45, 2.75) is 58.1 Å². The maximum absolute atomic E-state index is 9.70. The molecule has 106 valence electrons. The maximum Gasteiger partial charge on any atom is 0.0772 e. The van der Waals surface area contributed by atoms with Gasteiger partial charge in [0.05, 0.1) is 6.10 Å². The molecule has 0 amide bonds. The van der Waals surface area contributed by atoms with Gasteiger partial charge in [0.25, 0.3) is 0 Å². The molecule has 1 atom stereocenters. The molecule has 1 aliphatic carbocycles. The van der Waals surface area contributed by atoms with Crippen molar-refractivity contribution in [2.75, 3.05) is 11.4 Å². The number of benzene rings is 1. The summed E-state index contributed by atoms with van der Waals surface area (Å²) in [6, 6.07) is 7.02. The molecule has 1 N–H and O–H groups in total. The molecule has 1 aromatic rings. The molecule has 1 aliphatic rings. The molecule has 3 heteroatoms. The van der Waals surface area contributed by atoms with Gasteiger partial charge in [-0.15, -0.1) is 0 Å². The summed E-state index contributed by atoms with van der Waals surface area (Å²) in [5, 5.41) is 9.70. The SMILES string of the molecule is CCN(c1ccc([C@@H](C)O)c(Br)c1)C1CCCCC1. The van der Waals surface area contributed by atoms with E-state index in [1.165, 1.54) is 37.8 Å². The Morgan fingerprint density at radius 2 is 2.00 bits per heavy atom. The van der Waals surface area contributed by atoms with Crippen molar-refractivity contribution < 1.29 is 5.11 Å². The van der Waals surface area contributed by atoms with Crippen molar-refractivity contribution in [3.8, 4) is 0 Å². The number of hydrogen-bond acceptors (Lipinski definition) is 2. The van der Waals surface area contributed by atoms with Crippen molar-refractivity contribution in [2.24, 2.45) is 0 Å². The predicted molar refractivity (Wildman–Crippen MR) is 84.7 cm³/mol. The summed E-state index contributed by atoms with van der Waals surface area (Å²) >= 11 is 3.58. The van der Waals surface area contributed by atoms with E-state index in [4.69, 9.17) is 0 Å². The molecule has 19 heavy (non-hydrogen) atoms. The van der Waals surface area contributed by atoms with Gasteiger partial charge in [-0.1, -0.05) is 41.3 Å². The van der Waals surface area contributed by atoms with E-state index in [1.54, 1.807) is 6.92 Å². The Balaban J connectivity index is 2.20.